The predicted molar refractivity (Wildman–Crippen MR) is 139 cm³/mol. The van der Waals surface area contributed by atoms with Crippen molar-refractivity contribution >= 4 is 74.2 Å². The topological polar surface area (TPSA) is 92.8 Å². The van der Waals surface area contributed by atoms with Gasteiger partial charge in [-0.25, -0.2) is 4.79 Å². The summed E-state index contributed by atoms with van der Waals surface area (Å²) in [6.45, 7) is 3.37. The summed E-state index contributed by atoms with van der Waals surface area (Å²) in [5, 5.41) is 2.10. The molecule has 0 unspecified atom stereocenters. The van der Waals surface area contributed by atoms with E-state index in [9.17, 15) is 19.2 Å². The number of benzene rings is 2. The van der Waals surface area contributed by atoms with Crippen molar-refractivity contribution in [3.63, 3.8) is 0 Å². The SMILES string of the molecule is Cc1c(Br)ccc(NC(=O)COC(=O)c2ccc(N3C(=O)[C@@H]4[C@H]5C[C@@H]([C@H](Cl)[C@@H]5Cl)[C@@H]4C3=O)cc2)c1C. The van der Waals surface area contributed by atoms with Crippen molar-refractivity contribution in [1.29, 1.82) is 0 Å². The van der Waals surface area contributed by atoms with Gasteiger partial charge in [-0.3, -0.25) is 19.3 Å². The van der Waals surface area contributed by atoms with Gasteiger partial charge in [-0.05, 0) is 79.6 Å². The lowest BCUT2D eigenvalue weighted by molar-refractivity contribution is -0.123. The van der Waals surface area contributed by atoms with Crippen LogP contribution in [0.15, 0.2) is 40.9 Å². The van der Waals surface area contributed by atoms with Crippen LogP contribution in [0.2, 0.25) is 0 Å². The number of nitrogens with one attached hydrogen (secondary N) is 1. The molecule has 2 aliphatic carbocycles. The molecule has 10 heteroatoms. The first kappa shape index (κ1) is 25.2. The fourth-order valence-corrected chi connectivity index (χ4v) is 7.00. The number of carbonyl (C=O) groups excluding carboxylic acids is 4. The molecule has 5 rings (SSSR count). The zero-order valence-electron chi connectivity index (χ0n) is 19.5. The zero-order chi connectivity index (χ0) is 25.9. The molecule has 0 aromatic heterocycles. The fraction of sp³-hybridized carbons (Fsp3) is 0.385. The van der Waals surface area contributed by atoms with E-state index in [2.05, 4.69) is 21.2 Å². The first-order valence-corrected chi connectivity index (χ1v) is 13.3. The Morgan fingerprint density at radius 3 is 2.14 bits per heavy atom. The highest BCUT2D eigenvalue weighted by molar-refractivity contribution is 9.10. The van der Waals surface area contributed by atoms with E-state index >= 15 is 0 Å². The number of halogens is 3. The molecule has 0 radical (unpaired) electrons. The van der Waals surface area contributed by atoms with Gasteiger partial charge in [0.05, 0.1) is 33.8 Å². The van der Waals surface area contributed by atoms with Gasteiger partial charge in [-0.1, -0.05) is 15.9 Å². The Morgan fingerprint density at radius 2 is 1.56 bits per heavy atom. The van der Waals surface area contributed by atoms with E-state index in [1.54, 1.807) is 6.07 Å². The van der Waals surface area contributed by atoms with Gasteiger partial charge in [0.2, 0.25) is 11.8 Å². The van der Waals surface area contributed by atoms with Gasteiger partial charge in [-0.2, -0.15) is 0 Å². The van der Waals surface area contributed by atoms with Crippen LogP contribution in [-0.2, 0) is 19.1 Å². The number of imide groups is 1. The largest absolute Gasteiger partial charge is 0.452 e. The van der Waals surface area contributed by atoms with Crippen LogP contribution in [0.25, 0.3) is 0 Å². The monoisotopic (exact) mass is 592 g/mol. The number of esters is 1. The van der Waals surface area contributed by atoms with Gasteiger partial charge in [0.25, 0.3) is 5.91 Å². The molecule has 2 aromatic carbocycles. The lowest BCUT2D eigenvalue weighted by Crippen LogP contribution is -2.37. The third kappa shape index (κ3) is 4.03. The molecule has 1 heterocycles. The standard InChI is InChI=1S/C26H23BrCl2N2O5/c1-11-12(2)18(8-7-17(11)27)30-19(32)10-36-26(35)13-3-5-14(6-4-13)31-24(33)20-15-9-16(21(20)25(31)34)23(29)22(15)28/h3-8,15-16,20-23H,9-10H2,1-2H3,(H,30,32)/t15-,16-,20-,21+,22-,23+/m1/s1. The minimum atomic E-state index is -0.690. The fourth-order valence-electron chi connectivity index (χ4n) is 5.67. The first-order valence-electron chi connectivity index (χ1n) is 11.6. The van der Waals surface area contributed by atoms with Crippen LogP contribution in [0.5, 0.6) is 0 Å². The van der Waals surface area contributed by atoms with Gasteiger partial charge >= 0.3 is 5.97 Å². The van der Waals surface area contributed by atoms with Crippen molar-refractivity contribution in [3.05, 3.63) is 57.6 Å². The summed E-state index contributed by atoms with van der Waals surface area (Å²) < 4.78 is 6.08. The highest BCUT2D eigenvalue weighted by atomic mass is 79.9. The summed E-state index contributed by atoms with van der Waals surface area (Å²) in [6.07, 6.45) is 0.697. The number of anilines is 2. The quantitative estimate of drug-likeness (QED) is 0.304. The van der Waals surface area contributed by atoms with Crippen molar-refractivity contribution in [2.45, 2.75) is 31.0 Å². The minimum Gasteiger partial charge on any atom is -0.452 e. The molecule has 3 aliphatic rings. The molecule has 1 N–H and O–H groups in total. The van der Waals surface area contributed by atoms with Crippen molar-refractivity contribution in [2.75, 3.05) is 16.8 Å². The van der Waals surface area contributed by atoms with Crippen molar-refractivity contribution in [3.8, 4) is 0 Å². The molecule has 1 saturated heterocycles. The Kier molecular flexibility index (Phi) is 6.64. The van der Waals surface area contributed by atoms with Crippen LogP contribution < -0.4 is 10.2 Å². The van der Waals surface area contributed by atoms with Gasteiger partial charge in [0.15, 0.2) is 6.61 Å². The molecule has 7 nitrogen and oxygen atoms in total. The number of amides is 3. The number of nitrogens with zero attached hydrogens (tertiary/aromatic N) is 1. The molecule has 6 atom stereocenters. The Hall–Kier alpha value is -2.42. The number of ether oxygens (including phenoxy) is 1. The molecule has 2 bridgehead atoms. The summed E-state index contributed by atoms with van der Waals surface area (Å²) in [5.74, 6) is -2.77. The second-order valence-electron chi connectivity index (χ2n) is 9.53. The lowest BCUT2D eigenvalue weighted by atomic mass is 9.80. The van der Waals surface area contributed by atoms with E-state index in [1.807, 2.05) is 19.9 Å². The molecule has 2 aromatic rings. The molecule has 188 valence electrons. The minimum absolute atomic E-state index is 0.101. The number of fused-ring (bicyclic) bond motifs is 5. The maximum atomic E-state index is 13.1. The maximum absolute atomic E-state index is 13.1. The Bertz CT molecular complexity index is 1250. The molecule has 1 aliphatic heterocycles. The number of carbonyl (C=O) groups is 4. The van der Waals surface area contributed by atoms with Gasteiger partial charge in [0, 0.05) is 10.2 Å². The first-order chi connectivity index (χ1) is 17.1. The summed E-state index contributed by atoms with van der Waals surface area (Å²) >= 11 is 16.3. The number of alkyl halides is 2. The van der Waals surface area contributed by atoms with E-state index in [4.69, 9.17) is 27.9 Å². The van der Waals surface area contributed by atoms with Crippen LogP contribution in [0, 0.1) is 37.5 Å². The number of hydrogen-bond donors (Lipinski definition) is 1. The highest BCUT2D eigenvalue weighted by Crippen LogP contribution is 2.59. The number of hydrogen-bond acceptors (Lipinski definition) is 5. The van der Waals surface area contributed by atoms with E-state index in [0.717, 1.165) is 15.6 Å². The van der Waals surface area contributed by atoms with Crippen LogP contribution >= 0.6 is 39.1 Å². The van der Waals surface area contributed by atoms with Crippen LogP contribution in [0.4, 0.5) is 11.4 Å². The van der Waals surface area contributed by atoms with Crippen molar-refractivity contribution < 1.29 is 23.9 Å². The summed E-state index contributed by atoms with van der Waals surface area (Å²) in [6, 6.07) is 9.60. The summed E-state index contributed by atoms with van der Waals surface area (Å²) in [4.78, 5) is 52.2. The van der Waals surface area contributed by atoms with Crippen LogP contribution in [0.3, 0.4) is 0 Å². The Labute approximate surface area is 226 Å². The Balaban J connectivity index is 1.21. The lowest BCUT2D eigenvalue weighted by Gasteiger charge is -2.28. The molecule has 2 saturated carbocycles. The van der Waals surface area contributed by atoms with Crippen LogP contribution in [0.1, 0.15) is 27.9 Å². The van der Waals surface area contributed by atoms with E-state index < -0.39 is 30.3 Å². The molecule has 36 heavy (non-hydrogen) atoms. The molecule has 3 fully saturated rings. The summed E-state index contributed by atoms with van der Waals surface area (Å²) in [5.41, 5.74) is 3.13. The second-order valence-corrected chi connectivity index (χ2v) is 11.4. The van der Waals surface area contributed by atoms with Crippen molar-refractivity contribution in [1.82, 2.24) is 0 Å². The predicted octanol–water partition coefficient (Wildman–Crippen LogP) is 4.83. The average molecular weight is 594 g/mol. The molecular weight excluding hydrogens is 571 g/mol. The molecule has 3 amide bonds. The zero-order valence-corrected chi connectivity index (χ0v) is 22.6. The third-order valence-corrected chi connectivity index (χ3v) is 9.86. The third-order valence-electron chi connectivity index (χ3n) is 7.68. The average Bonchev–Trinajstić information content (AvgIpc) is 3.48. The second kappa shape index (κ2) is 9.47. The molecule has 0 spiro atoms. The van der Waals surface area contributed by atoms with Gasteiger partial charge in [0.1, 0.15) is 0 Å². The number of rotatable bonds is 5. The van der Waals surface area contributed by atoms with Gasteiger partial charge in [-0.15, -0.1) is 23.2 Å². The van der Waals surface area contributed by atoms with Crippen molar-refractivity contribution in [2.24, 2.45) is 23.7 Å². The Morgan fingerprint density at radius 1 is 0.972 bits per heavy atom. The highest BCUT2D eigenvalue weighted by Gasteiger charge is 2.66. The van der Waals surface area contributed by atoms with E-state index in [-0.39, 0.29) is 40.0 Å². The van der Waals surface area contributed by atoms with E-state index in [0.29, 0.717) is 17.8 Å². The van der Waals surface area contributed by atoms with E-state index in [1.165, 1.54) is 29.2 Å². The van der Waals surface area contributed by atoms with Gasteiger partial charge < -0.3 is 10.1 Å². The molecular formula is C26H23BrCl2N2O5. The smallest absolute Gasteiger partial charge is 0.338 e. The normalized spacial score (nSPS) is 28.4. The maximum Gasteiger partial charge on any atom is 0.338 e. The summed E-state index contributed by atoms with van der Waals surface area (Å²) in [7, 11) is 0. The van der Waals surface area contributed by atoms with Crippen LogP contribution in [-0.4, -0.2) is 41.1 Å².